The lowest BCUT2D eigenvalue weighted by molar-refractivity contribution is -0.146. The van der Waals surface area contributed by atoms with Crippen molar-refractivity contribution in [2.24, 2.45) is 5.92 Å². The molecule has 3 rings (SSSR count). The molecule has 1 amide bonds. The van der Waals surface area contributed by atoms with E-state index in [9.17, 15) is 19.5 Å². The Morgan fingerprint density at radius 2 is 2.03 bits per heavy atom. The van der Waals surface area contributed by atoms with Crippen LogP contribution in [0, 0.1) is 5.92 Å². The Morgan fingerprint density at radius 1 is 1.29 bits per heavy atom. The van der Waals surface area contributed by atoms with Crippen molar-refractivity contribution in [3.8, 4) is 5.75 Å². The number of esters is 1. The molecule has 2 aliphatic heterocycles. The summed E-state index contributed by atoms with van der Waals surface area (Å²) < 4.78 is 16.4. The number of carboxylic acids is 1. The van der Waals surface area contributed by atoms with Crippen LogP contribution in [0.2, 0.25) is 0 Å². The van der Waals surface area contributed by atoms with Crippen molar-refractivity contribution >= 4 is 23.5 Å². The maximum atomic E-state index is 13.2. The fourth-order valence-corrected chi connectivity index (χ4v) is 3.96. The molecule has 1 saturated heterocycles. The normalized spacial score (nSPS) is 20.4. The average Bonchev–Trinajstić information content (AvgIpc) is 2.89. The molecule has 0 radical (unpaired) electrons. The molecule has 2 heterocycles. The lowest BCUT2D eigenvalue weighted by atomic mass is 9.92. The van der Waals surface area contributed by atoms with Gasteiger partial charge in [0.15, 0.2) is 0 Å². The summed E-state index contributed by atoms with van der Waals surface area (Å²) in [7, 11) is 0. The van der Waals surface area contributed by atoms with Crippen molar-refractivity contribution < 1.29 is 33.7 Å². The van der Waals surface area contributed by atoms with Gasteiger partial charge in [0, 0.05) is 13.2 Å². The second-order valence-electron chi connectivity index (χ2n) is 7.75. The molecule has 0 unspecified atom stereocenters. The molecule has 170 valence electrons. The fourth-order valence-electron chi connectivity index (χ4n) is 3.96. The Kier molecular flexibility index (Phi) is 8.25. The number of fused-ring (bicyclic) bond motifs is 1. The highest BCUT2D eigenvalue weighted by Crippen LogP contribution is 2.31. The van der Waals surface area contributed by atoms with E-state index in [1.807, 2.05) is 0 Å². The number of nitrogens with one attached hydrogen (secondary N) is 1. The number of aliphatic carboxylic acids is 1. The van der Waals surface area contributed by atoms with E-state index in [4.69, 9.17) is 14.2 Å². The van der Waals surface area contributed by atoms with E-state index in [1.165, 1.54) is 4.90 Å². The number of anilines is 1. The lowest BCUT2D eigenvalue weighted by Gasteiger charge is -2.28. The van der Waals surface area contributed by atoms with Crippen LogP contribution < -0.4 is 15.0 Å². The van der Waals surface area contributed by atoms with Crippen LogP contribution in [0.5, 0.6) is 5.75 Å². The number of benzene rings is 1. The van der Waals surface area contributed by atoms with Gasteiger partial charge in [-0.15, -0.1) is 0 Å². The monoisotopic (exact) mass is 434 g/mol. The Morgan fingerprint density at radius 3 is 2.74 bits per heavy atom. The number of amides is 1. The molecule has 1 fully saturated rings. The van der Waals surface area contributed by atoms with Crippen LogP contribution >= 0.6 is 0 Å². The minimum Gasteiger partial charge on any atom is -0.489 e. The van der Waals surface area contributed by atoms with Gasteiger partial charge >= 0.3 is 11.9 Å². The van der Waals surface area contributed by atoms with E-state index >= 15 is 0 Å². The van der Waals surface area contributed by atoms with Gasteiger partial charge in [-0.1, -0.05) is 12.1 Å². The van der Waals surface area contributed by atoms with Crippen molar-refractivity contribution in [1.29, 1.82) is 0 Å². The van der Waals surface area contributed by atoms with E-state index in [2.05, 4.69) is 5.32 Å². The molecule has 9 nitrogen and oxygen atoms in total. The van der Waals surface area contributed by atoms with E-state index in [0.29, 0.717) is 23.8 Å². The van der Waals surface area contributed by atoms with Gasteiger partial charge in [0.1, 0.15) is 31.0 Å². The van der Waals surface area contributed by atoms with Crippen molar-refractivity contribution in [3.63, 3.8) is 0 Å². The van der Waals surface area contributed by atoms with Gasteiger partial charge in [0.25, 0.3) is 0 Å². The van der Waals surface area contributed by atoms with Gasteiger partial charge in [-0.25, -0.2) is 0 Å². The Balaban J connectivity index is 1.74. The van der Waals surface area contributed by atoms with Gasteiger partial charge in [0.05, 0.1) is 12.3 Å². The minimum atomic E-state index is -1.13. The third-order valence-electron chi connectivity index (χ3n) is 5.60. The lowest BCUT2D eigenvalue weighted by Crippen LogP contribution is -2.55. The molecule has 31 heavy (non-hydrogen) atoms. The van der Waals surface area contributed by atoms with Crippen LogP contribution in [0.15, 0.2) is 24.3 Å². The largest absolute Gasteiger partial charge is 0.489 e. The molecular weight excluding hydrogens is 404 g/mol. The number of hydrogen-bond acceptors (Lipinski definition) is 7. The maximum absolute atomic E-state index is 13.2. The van der Waals surface area contributed by atoms with Crippen LogP contribution in [0.1, 0.15) is 32.6 Å². The van der Waals surface area contributed by atoms with E-state index in [-0.39, 0.29) is 13.2 Å². The molecule has 1 aromatic rings. The smallest absolute Gasteiger partial charge is 0.323 e. The van der Waals surface area contributed by atoms with E-state index in [0.717, 1.165) is 32.5 Å². The molecule has 0 aliphatic carbocycles. The Hall–Kier alpha value is -2.65. The van der Waals surface area contributed by atoms with Gasteiger partial charge in [-0.05, 0) is 50.7 Å². The quantitative estimate of drug-likeness (QED) is 0.563. The molecule has 0 saturated carbocycles. The SMILES string of the molecule is CCOC(=O)[C@H](CCC1CCOCC1)N[C@H]1COc2ccccc2N(CC(=O)O)C1=O. The highest BCUT2D eigenvalue weighted by molar-refractivity contribution is 6.02. The number of carbonyl (C=O) groups is 3. The van der Waals surface area contributed by atoms with Gasteiger partial charge in [-0.3, -0.25) is 24.6 Å². The van der Waals surface area contributed by atoms with Crippen molar-refractivity contribution in [1.82, 2.24) is 5.32 Å². The second-order valence-corrected chi connectivity index (χ2v) is 7.75. The zero-order valence-electron chi connectivity index (χ0n) is 17.7. The van der Waals surface area contributed by atoms with Crippen LogP contribution in [0.25, 0.3) is 0 Å². The third-order valence-corrected chi connectivity index (χ3v) is 5.60. The molecule has 0 spiro atoms. The predicted molar refractivity (Wildman–Crippen MR) is 112 cm³/mol. The van der Waals surface area contributed by atoms with Gasteiger partial charge < -0.3 is 19.3 Å². The van der Waals surface area contributed by atoms with Crippen LogP contribution in [0.4, 0.5) is 5.69 Å². The van der Waals surface area contributed by atoms with Crippen molar-refractivity contribution in [2.45, 2.75) is 44.7 Å². The molecular formula is C22H30N2O7. The first-order valence-corrected chi connectivity index (χ1v) is 10.7. The molecule has 9 heteroatoms. The number of hydrogen-bond donors (Lipinski definition) is 2. The van der Waals surface area contributed by atoms with Crippen LogP contribution in [-0.2, 0) is 23.9 Å². The molecule has 1 aromatic carbocycles. The zero-order chi connectivity index (χ0) is 22.2. The topological polar surface area (TPSA) is 114 Å². The first-order chi connectivity index (χ1) is 15.0. The number of rotatable bonds is 9. The van der Waals surface area contributed by atoms with Gasteiger partial charge in [-0.2, -0.15) is 0 Å². The average molecular weight is 434 g/mol. The summed E-state index contributed by atoms with van der Waals surface area (Å²) in [5, 5.41) is 12.4. The van der Waals surface area contributed by atoms with Crippen LogP contribution in [-0.4, -0.2) is 68.0 Å². The summed E-state index contributed by atoms with van der Waals surface area (Å²) in [5.41, 5.74) is 0.397. The Labute approximate surface area is 181 Å². The second kappa shape index (κ2) is 11.1. The third kappa shape index (κ3) is 6.18. The molecule has 2 N–H and O–H groups in total. The highest BCUT2D eigenvalue weighted by atomic mass is 16.5. The number of ether oxygens (including phenoxy) is 3. The first-order valence-electron chi connectivity index (χ1n) is 10.7. The van der Waals surface area contributed by atoms with Crippen molar-refractivity contribution in [3.05, 3.63) is 24.3 Å². The van der Waals surface area contributed by atoms with E-state index in [1.54, 1.807) is 31.2 Å². The molecule has 0 aromatic heterocycles. The molecule has 2 atom stereocenters. The number of nitrogens with zero attached hydrogens (tertiary/aromatic N) is 1. The molecule has 0 bridgehead atoms. The number of carbonyl (C=O) groups excluding carboxylic acids is 2. The van der Waals surface area contributed by atoms with Crippen molar-refractivity contribution in [2.75, 3.05) is 37.9 Å². The summed E-state index contributed by atoms with van der Waals surface area (Å²) in [6.07, 6.45) is 3.21. The fraction of sp³-hybridized carbons (Fsp3) is 0.591. The zero-order valence-corrected chi connectivity index (χ0v) is 17.7. The standard InChI is InChI=1S/C22H30N2O7/c1-2-30-22(28)16(8-7-15-9-11-29-12-10-15)23-17-14-31-19-6-4-3-5-18(19)24(21(17)27)13-20(25)26/h3-6,15-17,23H,2,7-14H2,1H3,(H,25,26)/t16-,17-/m0/s1. The highest BCUT2D eigenvalue weighted by Gasteiger charge is 2.35. The maximum Gasteiger partial charge on any atom is 0.323 e. The molecule has 2 aliphatic rings. The first kappa shape index (κ1) is 23.0. The summed E-state index contributed by atoms with van der Waals surface area (Å²) in [5.74, 6) is -1.12. The van der Waals surface area contributed by atoms with Gasteiger partial charge in [0.2, 0.25) is 5.91 Å². The summed E-state index contributed by atoms with van der Waals surface area (Å²) in [4.78, 5) is 38.4. The summed E-state index contributed by atoms with van der Waals surface area (Å²) in [6.45, 7) is 2.90. The Bertz CT molecular complexity index is 779. The minimum absolute atomic E-state index is 0.0147. The predicted octanol–water partition coefficient (Wildman–Crippen LogP) is 1.59. The number of para-hydroxylation sites is 2. The van der Waals surface area contributed by atoms with E-state index < -0.39 is 36.5 Å². The number of carboxylic acid groups (broad SMARTS) is 1. The summed E-state index contributed by atoms with van der Waals surface area (Å²) >= 11 is 0. The summed E-state index contributed by atoms with van der Waals surface area (Å²) in [6, 6.07) is 5.24. The van der Waals surface area contributed by atoms with Crippen LogP contribution in [0.3, 0.4) is 0 Å².